The van der Waals surface area contributed by atoms with E-state index in [9.17, 15) is 5.11 Å². The Morgan fingerprint density at radius 1 is 1.05 bits per heavy atom. The maximum absolute atomic E-state index is 10.4. The average molecular weight is 270 g/mol. The topological polar surface area (TPSA) is 29.5 Å². The van der Waals surface area contributed by atoms with E-state index in [1.54, 1.807) is 0 Å². The van der Waals surface area contributed by atoms with Crippen LogP contribution in [0.3, 0.4) is 0 Å². The number of rotatable bonds is 5. The van der Waals surface area contributed by atoms with E-state index < -0.39 is 6.10 Å². The molecule has 0 fully saturated rings. The molecule has 0 heterocycles. The standard InChI is InChI=1S/C18H22O2/c1-4-20-17-7-5-6-16(12-17)18(19)11-15-9-13(2)8-14(3)10-15/h5-10,12,18-19H,4,11H2,1-3H3. The Morgan fingerprint density at radius 3 is 2.40 bits per heavy atom. The minimum Gasteiger partial charge on any atom is -0.494 e. The number of aryl methyl sites for hydroxylation is 2. The fraction of sp³-hybridized carbons (Fsp3) is 0.333. The zero-order valence-electron chi connectivity index (χ0n) is 12.4. The molecule has 0 saturated heterocycles. The van der Waals surface area contributed by atoms with Crippen molar-refractivity contribution in [3.05, 3.63) is 64.7 Å². The van der Waals surface area contributed by atoms with Crippen molar-refractivity contribution in [3.8, 4) is 5.75 Å². The van der Waals surface area contributed by atoms with Crippen LogP contribution in [0, 0.1) is 13.8 Å². The van der Waals surface area contributed by atoms with E-state index in [0.29, 0.717) is 13.0 Å². The predicted molar refractivity (Wildman–Crippen MR) is 82.2 cm³/mol. The molecule has 0 saturated carbocycles. The average Bonchev–Trinajstić information content (AvgIpc) is 2.38. The van der Waals surface area contributed by atoms with Crippen molar-refractivity contribution in [3.63, 3.8) is 0 Å². The first-order chi connectivity index (χ1) is 9.58. The van der Waals surface area contributed by atoms with Crippen LogP contribution in [-0.2, 0) is 6.42 Å². The molecule has 1 N–H and O–H groups in total. The van der Waals surface area contributed by atoms with Gasteiger partial charge in [-0.25, -0.2) is 0 Å². The van der Waals surface area contributed by atoms with Crippen LogP contribution >= 0.6 is 0 Å². The van der Waals surface area contributed by atoms with Crippen LogP contribution in [0.2, 0.25) is 0 Å². The number of benzene rings is 2. The van der Waals surface area contributed by atoms with Gasteiger partial charge in [-0.15, -0.1) is 0 Å². The zero-order valence-corrected chi connectivity index (χ0v) is 12.4. The Morgan fingerprint density at radius 2 is 1.75 bits per heavy atom. The molecule has 0 amide bonds. The van der Waals surface area contributed by atoms with Gasteiger partial charge in [0.2, 0.25) is 0 Å². The van der Waals surface area contributed by atoms with Crippen molar-refractivity contribution in [2.45, 2.75) is 33.3 Å². The molecule has 1 atom stereocenters. The summed E-state index contributed by atoms with van der Waals surface area (Å²) in [5.41, 5.74) is 4.53. The molecule has 0 aromatic heterocycles. The van der Waals surface area contributed by atoms with Crippen molar-refractivity contribution in [1.29, 1.82) is 0 Å². The van der Waals surface area contributed by atoms with Crippen molar-refractivity contribution in [2.75, 3.05) is 6.61 Å². The van der Waals surface area contributed by atoms with Gasteiger partial charge in [-0.2, -0.15) is 0 Å². The summed E-state index contributed by atoms with van der Waals surface area (Å²) in [6.07, 6.45) is 0.120. The Kier molecular flexibility index (Phi) is 4.80. The molecule has 2 aromatic rings. The van der Waals surface area contributed by atoms with Gasteiger partial charge in [-0.3, -0.25) is 0 Å². The number of hydrogen-bond donors (Lipinski definition) is 1. The summed E-state index contributed by atoms with van der Waals surface area (Å²) in [6, 6.07) is 14.1. The summed E-state index contributed by atoms with van der Waals surface area (Å²) in [5, 5.41) is 10.4. The molecule has 0 aliphatic carbocycles. The van der Waals surface area contributed by atoms with Crippen molar-refractivity contribution >= 4 is 0 Å². The second-order valence-electron chi connectivity index (χ2n) is 5.22. The molecule has 2 aromatic carbocycles. The first-order valence-corrected chi connectivity index (χ1v) is 7.06. The van der Waals surface area contributed by atoms with Gasteiger partial charge in [-0.05, 0) is 44.0 Å². The first kappa shape index (κ1) is 14.6. The normalized spacial score (nSPS) is 12.2. The molecule has 0 radical (unpaired) electrons. The highest BCUT2D eigenvalue weighted by Gasteiger charge is 2.10. The molecule has 0 aliphatic heterocycles. The summed E-state index contributed by atoms with van der Waals surface area (Å²) in [4.78, 5) is 0. The zero-order chi connectivity index (χ0) is 14.5. The number of hydrogen-bond acceptors (Lipinski definition) is 2. The van der Waals surface area contributed by atoms with Gasteiger partial charge < -0.3 is 9.84 Å². The maximum Gasteiger partial charge on any atom is 0.119 e. The van der Waals surface area contributed by atoms with E-state index >= 15 is 0 Å². The van der Waals surface area contributed by atoms with E-state index in [-0.39, 0.29) is 0 Å². The van der Waals surface area contributed by atoms with E-state index in [2.05, 4.69) is 32.0 Å². The molecular weight excluding hydrogens is 248 g/mol. The molecule has 20 heavy (non-hydrogen) atoms. The van der Waals surface area contributed by atoms with E-state index in [1.807, 2.05) is 31.2 Å². The van der Waals surface area contributed by atoms with E-state index in [4.69, 9.17) is 4.74 Å². The molecule has 2 nitrogen and oxygen atoms in total. The lowest BCUT2D eigenvalue weighted by Crippen LogP contribution is -2.03. The fourth-order valence-electron chi connectivity index (χ4n) is 2.51. The van der Waals surface area contributed by atoms with Gasteiger partial charge >= 0.3 is 0 Å². The highest BCUT2D eigenvalue weighted by atomic mass is 16.5. The smallest absolute Gasteiger partial charge is 0.119 e. The van der Waals surface area contributed by atoms with Crippen molar-refractivity contribution < 1.29 is 9.84 Å². The quantitative estimate of drug-likeness (QED) is 0.890. The fourth-order valence-corrected chi connectivity index (χ4v) is 2.51. The van der Waals surface area contributed by atoms with E-state index in [1.165, 1.54) is 11.1 Å². The largest absolute Gasteiger partial charge is 0.494 e. The monoisotopic (exact) mass is 270 g/mol. The molecule has 2 heteroatoms. The van der Waals surface area contributed by atoms with Crippen LogP contribution in [0.5, 0.6) is 5.75 Å². The SMILES string of the molecule is CCOc1cccc(C(O)Cc2cc(C)cc(C)c2)c1. The molecule has 2 rings (SSSR count). The van der Waals surface area contributed by atoms with Gasteiger partial charge in [0.15, 0.2) is 0 Å². The highest BCUT2D eigenvalue weighted by Crippen LogP contribution is 2.23. The van der Waals surface area contributed by atoms with Crippen molar-refractivity contribution in [1.82, 2.24) is 0 Å². The van der Waals surface area contributed by atoms with Crippen LogP contribution in [0.25, 0.3) is 0 Å². The lowest BCUT2D eigenvalue weighted by molar-refractivity contribution is 0.178. The van der Waals surface area contributed by atoms with Crippen LogP contribution in [0.15, 0.2) is 42.5 Å². The van der Waals surface area contributed by atoms with Gasteiger partial charge in [-0.1, -0.05) is 41.5 Å². The third-order valence-electron chi connectivity index (χ3n) is 3.26. The molecule has 0 bridgehead atoms. The number of ether oxygens (including phenoxy) is 1. The first-order valence-electron chi connectivity index (χ1n) is 7.06. The molecule has 106 valence electrons. The molecule has 1 unspecified atom stereocenters. The van der Waals surface area contributed by atoms with Crippen LogP contribution in [0.4, 0.5) is 0 Å². The van der Waals surface area contributed by atoms with Gasteiger partial charge in [0.25, 0.3) is 0 Å². The Bertz CT molecular complexity index is 555. The number of aliphatic hydroxyl groups excluding tert-OH is 1. The second-order valence-corrected chi connectivity index (χ2v) is 5.22. The predicted octanol–water partition coefficient (Wildman–Crippen LogP) is 3.98. The molecular formula is C18H22O2. The van der Waals surface area contributed by atoms with Crippen molar-refractivity contribution in [2.24, 2.45) is 0 Å². The van der Waals surface area contributed by atoms with Gasteiger partial charge in [0.1, 0.15) is 5.75 Å². The number of aliphatic hydroxyl groups is 1. The Balaban J connectivity index is 2.14. The van der Waals surface area contributed by atoms with Gasteiger partial charge in [0, 0.05) is 6.42 Å². The van der Waals surface area contributed by atoms with Gasteiger partial charge in [0.05, 0.1) is 12.7 Å². The lowest BCUT2D eigenvalue weighted by atomic mass is 9.98. The summed E-state index contributed by atoms with van der Waals surface area (Å²) in [6.45, 7) is 6.76. The van der Waals surface area contributed by atoms with Crippen LogP contribution in [-0.4, -0.2) is 11.7 Å². The van der Waals surface area contributed by atoms with Crippen LogP contribution < -0.4 is 4.74 Å². The summed E-state index contributed by atoms with van der Waals surface area (Å²) >= 11 is 0. The Labute approximate surface area is 121 Å². The summed E-state index contributed by atoms with van der Waals surface area (Å²) < 4.78 is 5.47. The molecule has 0 spiro atoms. The highest BCUT2D eigenvalue weighted by molar-refractivity contribution is 5.33. The maximum atomic E-state index is 10.4. The third kappa shape index (κ3) is 3.84. The second kappa shape index (κ2) is 6.58. The molecule has 0 aliphatic rings. The summed E-state index contributed by atoms with van der Waals surface area (Å²) in [7, 11) is 0. The van der Waals surface area contributed by atoms with E-state index in [0.717, 1.165) is 16.9 Å². The third-order valence-corrected chi connectivity index (χ3v) is 3.26. The minimum absolute atomic E-state index is 0.503. The Hall–Kier alpha value is -1.80. The minimum atomic E-state index is -0.503. The lowest BCUT2D eigenvalue weighted by Gasteiger charge is -2.13. The van der Waals surface area contributed by atoms with Crippen LogP contribution in [0.1, 0.15) is 35.3 Å². The summed E-state index contributed by atoms with van der Waals surface area (Å²) in [5.74, 6) is 0.810.